The van der Waals surface area contributed by atoms with Gasteiger partial charge in [0.05, 0.1) is 11.8 Å². The number of hydrogen-bond donors (Lipinski definition) is 1. The van der Waals surface area contributed by atoms with Gasteiger partial charge in [0, 0.05) is 6.54 Å². The van der Waals surface area contributed by atoms with E-state index < -0.39 is 0 Å². The molecule has 1 rings (SSSR count). The van der Waals surface area contributed by atoms with Crippen molar-refractivity contribution in [2.45, 2.75) is 39.3 Å². The van der Waals surface area contributed by atoms with Gasteiger partial charge < -0.3 is 5.11 Å². The largest absolute Gasteiger partial charge is 0.393 e. The molecule has 78 valence electrons. The van der Waals surface area contributed by atoms with Crippen LogP contribution < -0.4 is 0 Å². The van der Waals surface area contributed by atoms with Gasteiger partial charge in [-0.2, -0.15) is 0 Å². The van der Waals surface area contributed by atoms with Gasteiger partial charge in [-0.25, -0.2) is 4.68 Å². The lowest BCUT2D eigenvalue weighted by Crippen LogP contribution is -2.06. The number of aldehydes is 1. The molecule has 0 spiro atoms. The summed E-state index contributed by atoms with van der Waals surface area (Å²) in [6.07, 6.45) is 1.98. The van der Waals surface area contributed by atoms with E-state index >= 15 is 0 Å². The van der Waals surface area contributed by atoms with Gasteiger partial charge in [-0.3, -0.25) is 4.79 Å². The van der Waals surface area contributed by atoms with Gasteiger partial charge in [0.15, 0.2) is 6.29 Å². The van der Waals surface area contributed by atoms with Crippen LogP contribution in [0.1, 0.15) is 35.9 Å². The summed E-state index contributed by atoms with van der Waals surface area (Å²) in [5.41, 5.74) is 1.17. The van der Waals surface area contributed by atoms with E-state index in [2.05, 4.69) is 10.3 Å². The van der Waals surface area contributed by atoms with Crippen LogP contribution >= 0.6 is 0 Å². The van der Waals surface area contributed by atoms with Gasteiger partial charge in [-0.15, -0.1) is 5.10 Å². The van der Waals surface area contributed by atoms with Gasteiger partial charge in [0.25, 0.3) is 0 Å². The number of nitrogens with zero attached hydrogens (tertiary/aromatic N) is 3. The van der Waals surface area contributed by atoms with Crippen LogP contribution in [0.3, 0.4) is 0 Å². The molecule has 5 heteroatoms. The van der Waals surface area contributed by atoms with E-state index in [1.165, 1.54) is 0 Å². The molecule has 0 radical (unpaired) electrons. The van der Waals surface area contributed by atoms with Gasteiger partial charge in [-0.05, 0) is 26.7 Å². The summed E-state index contributed by atoms with van der Waals surface area (Å²) in [6.45, 7) is 4.26. The molecule has 0 aromatic carbocycles. The minimum Gasteiger partial charge on any atom is -0.393 e. The third-order valence-corrected chi connectivity index (χ3v) is 2.12. The number of aliphatic hydroxyl groups excluding tert-OH is 1. The van der Waals surface area contributed by atoms with E-state index in [1.54, 1.807) is 11.6 Å². The second-order valence-electron chi connectivity index (χ2n) is 3.39. The Balaban J connectivity index is 2.50. The van der Waals surface area contributed by atoms with Gasteiger partial charge >= 0.3 is 0 Å². The van der Waals surface area contributed by atoms with E-state index in [0.717, 1.165) is 18.5 Å². The molecule has 1 aromatic heterocycles. The Morgan fingerprint density at radius 2 is 2.36 bits per heavy atom. The number of rotatable bonds is 5. The molecular formula is C9H15N3O2. The number of aliphatic hydroxyl groups is 1. The highest BCUT2D eigenvalue weighted by Gasteiger charge is 2.06. The topological polar surface area (TPSA) is 68.0 Å². The lowest BCUT2D eigenvalue weighted by molar-refractivity contribution is 0.111. The Morgan fingerprint density at radius 1 is 1.64 bits per heavy atom. The maximum absolute atomic E-state index is 10.5. The number of carbonyl (C=O) groups is 1. The first kappa shape index (κ1) is 10.8. The van der Waals surface area contributed by atoms with Gasteiger partial charge in [0.1, 0.15) is 5.69 Å². The molecule has 1 heterocycles. The predicted octanol–water partition coefficient (Wildman–Crippen LogP) is 0.560. The van der Waals surface area contributed by atoms with Crippen molar-refractivity contribution in [2.24, 2.45) is 0 Å². The Bertz CT molecular complexity index is 307. The SMILES string of the molecule is Cc1c(C=O)nnn1CCCC(C)O. The Morgan fingerprint density at radius 3 is 2.86 bits per heavy atom. The molecule has 0 aliphatic heterocycles. The van der Waals surface area contributed by atoms with Crippen LogP contribution in [0.2, 0.25) is 0 Å². The quantitative estimate of drug-likeness (QED) is 0.700. The van der Waals surface area contributed by atoms with Crippen LogP contribution in [0.5, 0.6) is 0 Å². The first-order valence-corrected chi connectivity index (χ1v) is 4.68. The van der Waals surface area contributed by atoms with Crippen molar-refractivity contribution in [3.8, 4) is 0 Å². The van der Waals surface area contributed by atoms with E-state index in [0.29, 0.717) is 18.5 Å². The fraction of sp³-hybridized carbons (Fsp3) is 0.667. The van der Waals surface area contributed by atoms with E-state index in [9.17, 15) is 4.79 Å². The molecule has 1 aromatic rings. The number of carbonyl (C=O) groups excluding carboxylic acids is 1. The zero-order valence-corrected chi connectivity index (χ0v) is 8.47. The highest BCUT2D eigenvalue weighted by atomic mass is 16.3. The molecule has 1 unspecified atom stereocenters. The van der Waals surface area contributed by atoms with Crippen molar-refractivity contribution in [2.75, 3.05) is 0 Å². The second kappa shape index (κ2) is 4.85. The summed E-state index contributed by atoms with van der Waals surface area (Å²) in [5, 5.41) is 16.6. The van der Waals surface area contributed by atoms with E-state index in [1.807, 2.05) is 6.92 Å². The van der Waals surface area contributed by atoms with Gasteiger partial charge in [0.2, 0.25) is 0 Å². The molecular weight excluding hydrogens is 182 g/mol. The molecule has 1 atom stereocenters. The molecule has 1 N–H and O–H groups in total. The van der Waals surface area contributed by atoms with Crippen LogP contribution in [-0.4, -0.2) is 32.5 Å². The van der Waals surface area contributed by atoms with E-state index in [-0.39, 0.29) is 6.10 Å². The molecule has 0 aliphatic carbocycles. The molecule has 0 fully saturated rings. The normalized spacial score (nSPS) is 12.8. The van der Waals surface area contributed by atoms with Crippen molar-refractivity contribution in [3.63, 3.8) is 0 Å². The summed E-state index contributed by atoms with van der Waals surface area (Å²) >= 11 is 0. The van der Waals surface area contributed by atoms with Crippen molar-refractivity contribution in [3.05, 3.63) is 11.4 Å². The lowest BCUT2D eigenvalue weighted by atomic mass is 10.2. The summed E-state index contributed by atoms with van der Waals surface area (Å²) < 4.78 is 1.69. The summed E-state index contributed by atoms with van der Waals surface area (Å²) in [6, 6.07) is 0. The molecule has 0 bridgehead atoms. The van der Waals surface area contributed by atoms with Crippen molar-refractivity contribution in [1.82, 2.24) is 15.0 Å². The zero-order chi connectivity index (χ0) is 10.6. The fourth-order valence-corrected chi connectivity index (χ4v) is 1.23. The third-order valence-electron chi connectivity index (χ3n) is 2.12. The second-order valence-corrected chi connectivity index (χ2v) is 3.39. The van der Waals surface area contributed by atoms with Crippen molar-refractivity contribution in [1.29, 1.82) is 0 Å². The average molecular weight is 197 g/mol. The molecule has 5 nitrogen and oxygen atoms in total. The fourth-order valence-electron chi connectivity index (χ4n) is 1.23. The molecule has 14 heavy (non-hydrogen) atoms. The first-order chi connectivity index (χ1) is 6.65. The zero-order valence-electron chi connectivity index (χ0n) is 8.47. The Labute approximate surface area is 82.7 Å². The summed E-state index contributed by atoms with van der Waals surface area (Å²) in [7, 11) is 0. The minimum atomic E-state index is -0.288. The average Bonchev–Trinajstić information content (AvgIpc) is 2.47. The monoisotopic (exact) mass is 197 g/mol. The Hall–Kier alpha value is -1.23. The van der Waals surface area contributed by atoms with Crippen LogP contribution in [0.15, 0.2) is 0 Å². The number of hydrogen-bond acceptors (Lipinski definition) is 4. The summed E-state index contributed by atoms with van der Waals surface area (Å²) in [4.78, 5) is 10.5. The third kappa shape index (κ3) is 2.63. The summed E-state index contributed by atoms with van der Waals surface area (Å²) in [5.74, 6) is 0. The molecule has 0 aliphatic rings. The smallest absolute Gasteiger partial charge is 0.172 e. The number of aryl methyl sites for hydroxylation is 1. The lowest BCUT2D eigenvalue weighted by Gasteiger charge is -2.04. The first-order valence-electron chi connectivity index (χ1n) is 4.68. The predicted molar refractivity (Wildman–Crippen MR) is 51.1 cm³/mol. The maximum Gasteiger partial charge on any atom is 0.172 e. The van der Waals surface area contributed by atoms with Crippen LogP contribution in [0, 0.1) is 6.92 Å². The van der Waals surface area contributed by atoms with Crippen molar-refractivity contribution >= 4 is 6.29 Å². The molecule has 0 saturated heterocycles. The standard InChI is InChI=1S/C9H15N3O2/c1-7(14)4-3-5-12-8(2)9(6-13)10-11-12/h6-7,14H,3-5H2,1-2H3. The molecule has 0 amide bonds. The number of aromatic nitrogens is 3. The Kier molecular flexibility index (Phi) is 3.76. The highest BCUT2D eigenvalue weighted by Crippen LogP contribution is 2.04. The van der Waals surface area contributed by atoms with Crippen molar-refractivity contribution < 1.29 is 9.90 Å². The van der Waals surface area contributed by atoms with Crippen LogP contribution in [0.25, 0.3) is 0 Å². The van der Waals surface area contributed by atoms with E-state index in [4.69, 9.17) is 5.11 Å². The van der Waals surface area contributed by atoms with Gasteiger partial charge in [-0.1, -0.05) is 5.21 Å². The van der Waals surface area contributed by atoms with Crippen LogP contribution in [0.4, 0.5) is 0 Å². The highest BCUT2D eigenvalue weighted by molar-refractivity contribution is 5.72. The van der Waals surface area contributed by atoms with Crippen LogP contribution in [-0.2, 0) is 6.54 Å². The maximum atomic E-state index is 10.5. The molecule has 0 saturated carbocycles. The minimum absolute atomic E-state index is 0.288.